The summed E-state index contributed by atoms with van der Waals surface area (Å²) in [5.74, 6) is 3.10. The first-order valence-corrected chi connectivity index (χ1v) is 9.32. The normalized spacial score (nSPS) is 16.1. The third-order valence-corrected chi connectivity index (χ3v) is 3.39. The summed E-state index contributed by atoms with van der Waals surface area (Å²) in [7, 11) is -1.34. The molecule has 1 saturated heterocycles. The molecule has 1 aliphatic heterocycles. The fraction of sp³-hybridized carbons (Fsp3) is 0.462. The molecule has 0 radical (unpaired) electrons. The van der Waals surface area contributed by atoms with E-state index in [1.165, 1.54) is 0 Å². The van der Waals surface area contributed by atoms with Gasteiger partial charge in [-0.05, 0) is 12.1 Å². The van der Waals surface area contributed by atoms with Gasteiger partial charge in [-0.25, -0.2) is 9.37 Å². The standard InChI is InChI=1S/C13H17FN2Si/c1-17(2,3)7-6-12-4-5-13(8-15-12)16-9-11(14)10-16/h4-5,8,11H,9-10H2,1-3H3. The van der Waals surface area contributed by atoms with Crippen molar-refractivity contribution < 1.29 is 4.39 Å². The molecule has 0 bridgehead atoms. The number of halogens is 1. The second-order valence-corrected chi connectivity index (χ2v) is 10.2. The van der Waals surface area contributed by atoms with Crippen LogP contribution in [-0.4, -0.2) is 32.3 Å². The van der Waals surface area contributed by atoms with Gasteiger partial charge in [-0.3, -0.25) is 0 Å². The van der Waals surface area contributed by atoms with Crippen LogP contribution in [-0.2, 0) is 0 Å². The van der Waals surface area contributed by atoms with Crippen molar-refractivity contribution in [2.24, 2.45) is 0 Å². The number of pyridine rings is 1. The molecule has 90 valence electrons. The molecule has 0 atom stereocenters. The van der Waals surface area contributed by atoms with Gasteiger partial charge in [0.25, 0.3) is 0 Å². The molecule has 0 N–H and O–H groups in total. The van der Waals surface area contributed by atoms with Crippen molar-refractivity contribution in [1.82, 2.24) is 4.98 Å². The van der Waals surface area contributed by atoms with Crippen molar-refractivity contribution in [3.05, 3.63) is 24.0 Å². The Labute approximate surface area is 103 Å². The Balaban J connectivity index is 2.05. The SMILES string of the molecule is C[Si](C)(C)C#Cc1ccc(N2CC(F)C2)cn1. The molecule has 1 aromatic heterocycles. The van der Waals surface area contributed by atoms with E-state index in [9.17, 15) is 4.39 Å². The van der Waals surface area contributed by atoms with Crippen molar-refractivity contribution in [3.8, 4) is 11.5 Å². The number of hydrogen-bond donors (Lipinski definition) is 0. The summed E-state index contributed by atoms with van der Waals surface area (Å²) in [5.41, 5.74) is 5.06. The molecule has 0 spiro atoms. The van der Waals surface area contributed by atoms with Crippen molar-refractivity contribution >= 4 is 13.8 Å². The highest BCUT2D eigenvalue weighted by atomic mass is 28.3. The van der Waals surface area contributed by atoms with Crippen molar-refractivity contribution in [1.29, 1.82) is 0 Å². The van der Waals surface area contributed by atoms with Gasteiger partial charge in [0.05, 0.1) is 25.0 Å². The Morgan fingerprint density at radius 3 is 2.53 bits per heavy atom. The van der Waals surface area contributed by atoms with Gasteiger partial charge in [-0.2, -0.15) is 0 Å². The van der Waals surface area contributed by atoms with Crippen molar-refractivity contribution in [3.63, 3.8) is 0 Å². The van der Waals surface area contributed by atoms with Gasteiger partial charge in [0, 0.05) is 0 Å². The number of nitrogens with zero attached hydrogens (tertiary/aromatic N) is 2. The zero-order valence-electron chi connectivity index (χ0n) is 10.5. The van der Waals surface area contributed by atoms with Crippen LogP contribution in [0.15, 0.2) is 18.3 Å². The number of rotatable bonds is 1. The van der Waals surface area contributed by atoms with Crippen molar-refractivity contribution in [2.45, 2.75) is 25.8 Å². The number of hydrogen-bond acceptors (Lipinski definition) is 2. The first-order valence-electron chi connectivity index (χ1n) is 5.82. The van der Waals surface area contributed by atoms with Crippen LogP contribution in [0.3, 0.4) is 0 Å². The summed E-state index contributed by atoms with van der Waals surface area (Å²) in [6.45, 7) is 7.59. The second kappa shape index (κ2) is 4.50. The number of alkyl halides is 1. The second-order valence-electron chi connectivity index (χ2n) is 5.40. The van der Waals surface area contributed by atoms with E-state index in [1.807, 2.05) is 17.0 Å². The molecule has 2 heterocycles. The molecule has 1 aliphatic rings. The summed E-state index contributed by atoms with van der Waals surface area (Å²) in [6.07, 6.45) is 1.10. The van der Waals surface area contributed by atoms with Gasteiger partial charge < -0.3 is 4.90 Å². The lowest BCUT2D eigenvalue weighted by Crippen LogP contribution is -2.48. The van der Waals surface area contributed by atoms with Crippen LogP contribution in [0.4, 0.5) is 10.1 Å². The van der Waals surface area contributed by atoms with Crippen LogP contribution in [0.5, 0.6) is 0 Å². The van der Waals surface area contributed by atoms with Crippen LogP contribution >= 0.6 is 0 Å². The summed E-state index contributed by atoms with van der Waals surface area (Å²) >= 11 is 0. The molecule has 0 saturated carbocycles. The van der Waals surface area contributed by atoms with E-state index in [-0.39, 0.29) is 0 Å². The summed E-state index contributed by atoms with van der Waals surface area (Å²) in [5, 5.41) is 0. The monoisotopic (exact) mass is 248 g/mol. The average Bonchev–Trinajstić information content (AvgIpc) is 2.22. The predicted octanol–water partition coefficient (Wildman–Crippen LogP) is 2.47. The Kier molecular flexibility index (Phi) is 3.21. The lowest BCUT2D eigenvalue weighted by atomic mass is 10.1. The van der Waals surface area contributed by atoms with Gasteiger partial charge in [-0.15, -0.1) is 5.54 Å². The maximum Gasteiger partial charge on any atom is 0.135 e. The van der Waals surface area contributed by atoms with Crippen LogP contribution in [0.1, 0.15) is 5.69 Å². The molecule has 0 amide bonds. The Hall–Kier alpha value is -1.34. The van der Waals surface area contributed by atoms with Gasteiger partial charge in [0.2, 0.25) is 0 Å². The molecule has 17 heavy (non-hydrogen) atoms. The van der Waals surface area contributed by atoms with Crippen LogP contribution in [0, 0.1) is 11.5 Å². The number of anilines is 1. The van der Waals surface area contributed by atoms with E-state index >= 15 is 0 Å². The van der Waals surface area contributed by atoms with E-state index in [1.54, 1.807) is 6.20 Å². The summed E-state index contributed by atoms with van der Waals surface area (Å²) < 4.78 is 12.7. The molecule has 4 heteroatoms. The summed E-state index contributed by atoms with van der Waals surface area (Å²) in [6, 6.07) is 3.88. The molecule has 0 aromatic carbocycles. The highest BCUT2D eigenvalue weighted by molar-refractivity contribution is 6.83. The fourth-order valence-corrected chi connectivity index (χ4v) is 2.04. The first kappa shape index (κ1) is 12.1. The molecular weight excluding hydrogens is 231 g/mol. The minimum absolute atomic E-state index is 0.488. The fourth-order valence-electron chi connectivity index (χ4n) is 1.53. The van der Waals surface area contributed by atoms with E-state index in [2.05, 4.69) is 36.1 Å². The predicted molar refractivity (Wildman–Crippen MR) is 71.6 cm³/mol. The highest BCUT2D eigenvalue weighted by Crippen LogP contribution is 2.21. The molecule has 2 rings (SSSR count). The third kappa shape index (κ3) is 3.30. The maximum atomic E-state index is 12.7. The van der Waals surface area contributed by atoms with E-state index in [4.69, 9.17) is 0 Å². The Morgan fingerprint density at radius 1 is 1.35 bits per heavy atom. The quantitative estimate of drug-likeness (QED) is 0.560. The van der Waals surface area contributed by atoms with Crippen LogP contribution in [0.2, 0.25) is 19.6 Å². The number of aromatic nitrogens is 1. The Morgan fingerprint density at radius 2 is 2.06 bits per heavy atom. The van der Waals surface area contributed by atoms with E-state index < -0.39 is 14.2 Å². The molecule has 1 fully saturated rings. The van der Waals surface area contributed by atoms with Gasteiger partial charge in [0.1, 0.15) is 19.9 Å². The van der Waals surface area contributed by atoms with Crippen molar-refractivity contribution in [2.75, 3.05) is 18.0 Å². The maximum absolute atomic E-state index is 12.7. The minimum Gasteiger partial charge on any atom is -0.364 e. The van der Waals surface area contributed by atoms with Gasteiger partial charge >= 0.3 is 0 Å². The zero-order valence-corrected chi connectivity index (χ0v) is 11.5. The molecular formula is C13H17FN2Si. The zero-order chi connectivity index (χ0) is 12.5. The van der Waals surface area contributed by atoms with Gasteiger partial charge in [0.15, 0.2) is 0 Å². The minimum atomic E-state index is -1.34. The van der Waals surface area contributed by atoms with Crippen LogP contribution < -0.4 is 4.90 Å². The summed E-state index contributed by atoms with van der Waals surface area (Å²) in [4.78, 5) is 6.27. The molecule has 2 nitrogen and oxygen atoms in total. The Bertz CT molecular complexity index is 447. The van der Waals surface area contributed by atoms with Gasteiger partial charge in [-0.1, -0.05) is 25.6 Å². The van der Waals surface area contributed by atoms with E-state index in [0.29, 0.717) is 13.1 Å². The smallest absolute Gasteiger partial charge is 0.135 e. The largest absolute Gasteiger partial charge is 0.364 e. The average molecular weight is 248 g/mol. The lowest BCUT2D eigenvalue weighted by Gasteiger charge is -2.36. The first-order chi connectivity index (χ1) is 7.94. The molecule has 0 unspecified atom stereocenters. The topological polar surface area (TPSA) is 16.1 Å². The molecule has 1 aromatic rings. The highest BCUT2D eigenvalue weighted by Gasteiger charge is 2.26. The molecule has 0 aliphatic carbocycles. The third-order valence-electron chi connectivity index (χ3n) is 2.52. The lowest BCUT2D eigenvalue weighted by molar-refractivity contribution is 0.274. The van der Waals surface area contributed by atoms with E-state index in [0.717, 1.165) is 11.4 Å². The van der Waals surface area contributed by atoms with Crippen LogP contribution in [0.25, 0.3) is 0 Å².